The molecular formula is C83H91F3N8O12. The van der Waals surface area contributed by atoms with Gasteiger partial charge in [-0.3, -0.25) is 43.8 Å². The summed E-state index contributed by atoms with van der Waals surface area (Å²) >= 11 is 0. The van der Waals surface area contributed by atoms with E-state index in [1.54, 1.807) is 61.8 Å². The number of likely N-dealkylation sites (tertiary alicyclic amines) is 4. The first kappa shape index (κ1) is 74.5. The van der Waals surface area contributed by atoms with E-state index in [2.05, 4.69) is 58.6 Å². The Morgan fingerprint density at radius 3 is 1.23 bits per heavy atom. The van der Waals surface area contributed by atoms with E-state index in [0.717, 1.165) is 133 Å². The molecule has 556 valence electrons. The number of carbonyl (C=O) groups excluding carboxylic acids is 4. The van der Waals surface area contributed by atoms with Crippen LogP contribution in [0.5, 0.6) is 46.0 Å². The molecule has 8 aromatic rings. The highest BCUT2D eigenvalue weighted by molar-refractivity contribution is 5.98. The number of nitrogens with zero attached hydrogens (tertiary/aromatic N) is 8. The number of phenolic OH excluding ortho intramolecular Hbond substituents is 1. The van der Waals surface area contributed by atoms with Crippen LogP contribution in [-0.2, 0) is 0 Å². The highest BCUT2D eigenvalue weighted by atomic mass is 19.1. The minimum absolute atomic E-state index is 0.0296. The largest absolute Gasteiger partial charge is 0.508 e. The Morgan fingerprint density at radius 2 is 0.802 bits per heavy atom. The highest BCUT2D eigenvalue weighted by Crippen LogP contribution is 2.44. The summed E-state index contributed by atoms with van der Waals surface area (Å²) < 4.78 is 64.8. The third-order valence-electron chi connectivity index (χ3n) is 22.0. The van der Waals surface area contributed by atoms with Crippen molar-refractivity contribution in [1.82, 2.24) is 39.5 Å². The second-order valence-corrected chi connectivity index (χ2v) is 30.1. The van der Waals surface area contributed by atoms with Gasteiger partial charge in [-0.1, -0.05) is 23.8 Å². The molecule has 8 aliphatic rings. The van der Waals surface area contributed by atoms with E-state index in [4.69, 9.17) is 18.9 Å². The van der Waals surface area contributed by atoms with Crippen LogP contribution in [0.25, 0.3) is 0 Å². The van der Waals surface area contributed by atoms with Crippen molar-refractivity contribution in [3.8, 4) is 46.0 Å². The van der Waals surface area contributed by atoms with Gasteiger partial charge < -0.3 is 39.4 Å². The molecule has 0 bridgehead atoms. The number of phenols is 1. The minimum Gasteiger partial charge on any atom is -0.508 e. The Bertz CT molecular complexity index is 4280. The molecule has 20 nitrogen and oxygen atoms in total. The Kier molecular flexibility index (Phi) is 23.7. The molecule has 12 atom stereocenters. The number of hydrogen-bond acceptors (Lipinski definition) is 20. The standard InChI is InChI=1S/3C21H23FN2O3.C20H22N2O3/c1-13-2-4-17(8-19(13)22)27-18-6-14-10-24(11-15(14)7-18)12-21(26)20-5-3-16(25)9-23-20;1-13-2-4-16(5-3-13)27-17-6-14-10-24(11-15(14)7-17)12-21(26)19-8-18(22)20(25)9-23-19;1-13-4-16(22)8-18(5-13)27-19-6-14-10-24(11-15(14)7-19)12-21(26)20-3-2-17(25)9-23-20;23-17-5-3-14(4-6-17)20(24)13-22-11-15-8-19(9-16(15)12-22)25-18-2-1-7-21-10-18/h2-5,8-9,14-15,18,25H,6-7,10-12H2,1H3;2-5,8-9,14-15,17,25H,6-7,10-12H2,1H3;2-5,8-9,14-15,19,25H,6-7,10-12H2,1H3;1-7,10,15-16,19,23H,8-9,11-13H2/t14-,15+,18?;14-,15+,17?;14-,15+,19?;15-,16+,19?. The maximum Gasteiger partial charge on any atom is 0.195 e. The zero-order valence-electron chi connectivity index (χ0n) is 59.8. The fourth-order valence-electron chi connectivity index (χ4n) is 17.0. The fraction of sp³-hybridized carbons (Fsp3) is 0.422. The number of pyridine rings is 4. The number of carbonyl (C=O) groups is 4. The molecule has 4 aliphatic carbocycles. The van der Waals surface area contributed by atoms with Crippen LogP contribution in [-0.4, -0.2) is 186 Å². The molecule has 4 aromatic carbocycles. The van der Waals surface area contributed by atoms with Crippen molar-refractivity contribution in [2.24, 2.45) is 47.3 Å². The van der Waals surface area contributed by atoms with Crippen LogP contribution < -0.4 is 18.9 Å². The minimum atomic E-state index is -0.817. The van der Waals surface area contributed by atoms with Crippen LogP contribution >= 0.6 is 0 Å². The number of ether oxygens (including phenoxy) is 4. The Labute approximate surface area is 615 Å². The maximum absolute atomic E-state index is 13.7. The third kappa shape index (κ3) is 19.6. The predicted octanol–water partition coefficient (Wildman–Crippen LogP) is 12.4. The third-order valence-corrected chi connectivity index (χ3v) is 22.0. The predicted molar refractivity (Wildman–Crippen MR) is 389 cm³/mol. The summed E-state index contributed by atoms with van der Waals surface area (Å²) in [5, 5.41) is 37.1. The zero-order valence-corrected chi connectivity index (χ0v) is 59.8. The van der Waals surface area contributed by atoms with E-state index in [1.807, 2.05) is 43.3 Å². The second kappa shape index (κ2) is 33.7. The number of Topliss-reactive ketones (excluding diaryl/α,β-unsaturated/α-hetero) is 4. The van der Waals surface area contributed by atoms with E-state index < -0.39 is 11.6 Å². The van der Waals surface area contributed by atoms with Crippen molar-refractivity contribution in [2.75, 3.05) is 78.5 Å². The first-order chi connectivity index (χ1) is 51.1. The number of rotatable bonds is 20. The first-order valence-electron chi connectivity index (χ1n) is 36.7. The molecule has 0 spiro atoms. The number of fused-ring (bicyclic) bond motifs is 4. The van der Waals surface area contributed by atoms with Crippen molar-refractivity contribution in [3.63, 3.8) is 0 Å². The van der Waals surface area contributed by atoms with Gasteiger partial charge in [0.15, 0.2) is 34.7 Å². The molecule has 8 fully saturated rings. The van der Waals surface area contributed by atoms with Gasteiger partial charge in [-0.25, -0.2) is 28.1 Å². The molecule has 8 heterocycles. The zero-order chi connectivity index (χ0) is 74.1. The summed E-state index contributed by atoms with van der Waals surface area (Å²) in [6.45, 7) is 14.1. The van der Waals surface area contributed by atoms with Crippen molar-refractivity contribution in [3.05, 3.63) is 215 Å². The number of aromatic nitrogens is 4. The molecule has 4 aromatic heterocycles. The van der Waals surface area contributed by atoms with Crippen molar-refractivity contribution >= 4 is 23.1 Å². The normalized spacial score (nSPS) is 25.0. The van der Waals surface area contributed by atoms with Crippen LogP contribution in [0.1, 0.15) is 110 Å². The number of benzene rings is 4. The van der Waals surface area contributed by atoms with Crippen LogP contribution in [0.4, 0.5) is 13.2 Å². The molecule has 23 heteroatoms. The summed E-state index contributed by atoms with van der Waals surface area (Å²) in [6, 6.07) is 35.4. The van der Waals surface area contributed by atoms with E-state index in [9.17, 15) is 52.8 Å². The summed E-state index contributed by atoms with van der Waals surface area (Å²) in [5.74, 6) is 5.50. The van der Waals surface area contributed by atoms with Gasteiger partial charge in [0.2, 0.25) is 0 Å². The Hall–Kier alpha value is -9.81. The molecule has 4 N–H and O–H groups in total. The maximum atomic E-state index is 13.7. The molecule has 4 saturated carbocycles. The summed E-state index contributed by atoms with van der Waals surface area (Å²) in [5.41, 5.74) is 4.18. The lowest BCUT2D eigenvalue weighted by Gasteiger charge is -2.19. The number of aromatic hydroxyl groups is 4. The highest BCUT2D eigenvalue weighted by Gasteiger charge is 2.46. The van der Waals surface area contributed by atoms with E-state index >= 15 is 0 Å². The van der Waals surface area contributed by atoms with Gasteiger partial charge in [-0.15, -0.1) is 0 Å². The van der Waals surface area contributed by atoms with E-state index in [0.29, 0.717) is 101 Å². The molecule has 16 rings (SSSR count). The van der Waals surface area contributed by atoms with Crippen LogP contribution in [0.3, 0.4) is 0 Å². The van der Waals surface area contributed by atoms with Gasteiger partial charge in [0.05, 0.1) is 75.4 Å². The molecule has 4 saturated heterocycles. The number of aryl methyl sites for hydroxylation is 3. The summed E-state index contributed by atoms with van der Waals surface area (Å²) in [7, 11) is 0. The quantitative estimate of drug-likeness (QED) is 0.0518. The van der Waals surface area contributed by atoms with Gasteiger partial charge in [0, 0.05) is 82.3 Å². The molecular weight excluding hydrogens is 1360 g/mol. The van der Waals surface area contributed by atoms with Gasteiger partial charge in [0.1, 0.15) is 69.0 Å². The van der Waals surface area contributed by atoms with Crippen LogP contribution in [0, 0.1) is 85.6 Å². The van der Waals surface area contributed by atoms with Gasteiger partial charge in [-0.05, 0) is 222 Å². The molecule has 106 heavy (non-hydrogen) atoms. The number of hydrogen-bond donors (Lipinski definition) is 4. The van der Waals surface area contributed by atoms with Crippen molar-refractivity contribution in [1.29, 1.82) is 0 Å². The summed E-state index contributed by atoms with van der Waals surface area (Å²) in [6.07, 6.45) is 15.6. The Morgan fingerprint density at radius 1 is 0.387 bits per heavy atom. The molecule has 0 radical (unpaired) electrons. The molecule has 4 unspecified atom stereocenters. The van der Waals surface area contributed by atoms with Gasteiger partial charge in [-0.2, -0.15) is 0 Å². The fourth-order valence-corrected chi connectivity index (χ4v) is 17.0. The SMILES string of the molecule is Cc1cc(F)cc(OC2C[C@@H]3CN(CC(=O)c4ccc(O)cn4)C[C@@H]3C2)c1.Cc1ccc(OC2C[C@@H]3CN(CC(=O)c4cc(F)c(O)cn4)C[C@@H]3C2)cc1.Cc1ccc(OC2C[C@@H]3CN(CC(=O)c4ccc(O)cn4)C[C@@H]3C2)cc1F.O=C(CN1C[C@H]2CC(Oc3cccnc3)C[C@H]2C1)c1ccc(O)cc1. The molecule has 4 aliphatic heterocycles. The van der Waals surface area contributed by atoms with E-state index in [-0.39, 0.29) is 88.7 Å². The topological polar surface area (TPSA) is 251 Å². The monoisotopic (exact) mass is 1450 g/mol. The lowest BCUT2D eigenvalue weighted by molar-refractivity contribution is 0.0923. The van der Waals surface area contributed by atoms with Crippen LogP contribution in [0.15, 0.2) is 158 Å². The average Bonchev–Trinajstić information content (AvgIpc) is 1.68. The lowest BCUT2D eigenvalue weighted by atomic mass is 10.0. The number of ketones is 4. The van der Waals surface area contributed by atoms with Gasteiger partial charge >= 0.3 is 0 Å². The second-order valence-electron chi connectivity index (χ2n) is 30.1. The first-order valence-corrected chi connectivity index (χ1v) is 36.7. The van der Waals surface area contributed by atoms with Crippen molar-refractivity contribution in [2.45, 2.75) is 96.6 Å². The van der Waals surface area contributed by atoms with E-state index in [1.165, 1.54) is 48.3 Å². The summed E-state index contributed by atoms with van der Waals surface area (Å²) in [4.78, 5) is 74.0. The number of halogens is 3. The molecule has 0 amide bonds. The lowest BCUT2D eigenvalue weighted by Crippen LogP contribution is -2.30. The van der Waals surface area contributed by atoms with Gasteiger partial charge in [0.25, 0.3) is 0 Å². The Balaban J connectivity index is 0.000000125. The van der Waals surface area contributed by atoms with Crippen molar-refractivity contribution < 1.29 is 71.7 Å². The van der Waals surface area contributed by atoms with Crippen LogP contribution in [0.2, 0.25) is 0 Å². The smallest absolute Gasteiger partial charge is 0.195 e. The average molecular weight is 1450 g/mol.